The van der Waals surface area contributed by atoms with Gasteiger partial charge in [-0.05, 0) is 19.9 Å². The van der Waals surface area contributed by atoms with Crippen molar-refractivity contribution in [3.63, 3.8) is 0 Å². The minimum Gasteiger partial charge on any atom is -0.386 e. The molecule has 0 saturated carbocycles. The summed E-state index contributed by atoms with van der Waals surface area (Å²) in [5.74, 6) is -0.358. The molecule has 1 atom stereocenters. The van der Waals surface area contributed by atoms with Crippen molar-refractivity contribution in [2.24, 2.45) is 0 Å². The first-order chi connectivity index (χ1) is 8.83. The monoisotopic (exact) mass is 282 g/mol. The second-order valence-corrected chi connectivity index (χ2v) is 5.42. The van der Waals surface area contributed by atoms with E-state index >= 15 is 0 Å². The van der Waals surface area contributed by atoms with E-state index in [0.29, 0.717) is 10.6 Å². The number of amides is 3. The van der Waals surface area contributed by atoms with Gasteiger partial charge in [-0.15, -0.1) is 0 Å². The number of aliphatic hydroxyl groups excluding tert-OH is 1. The predicted octanol–water partition coefficient (Wildman–Crippen LogP) is 1.70. The second-order valence-electron chi connectivity index (χ2n) is 5.01. The Hall–Kier alpha value is -1.59. The van der Waals surface area contributed by atoms with Crippen molar-refractivity contribution < 1.29 is 14.7 Å². The number of carbonyl (C=O) groups is 2. The smallest absolute Gasteiger partial charge is 0.325 e. The van der Waals surface area contributed by atoms with E-state index in [9.17, 15) is 14.7 Å². The Labute approximate surface area is 116 Å². The Bertz CT molecular complexity index is 530. The fraction of sp³-hybridized carbons (Fsp3) is 0.385. The molecule has 1 aromatic carbocycles. The minimum atomic E-state index is -1.00. The zero-order valence-corrected chi connectivity index (χ0v) is 11.4. The summed E-state index contributed by atoms with van der Waals surface area (Å²) in [6.07, 6.45) is -1.00. The van der Waals surface area contributed by atoms with Gasteiger partial charge in [0, 0.05) is 10.6 Å². The summed E-state index contributed by atoms with van der Waals surface area (Å²) in [4.78, 5) is 24.7. The highest BCUT2D eigenvalue weighted by Gasteiger charge is 2.44. The Morgan fingerprint density at radius 2 is 2.00 bits per heavy atom. The van der Waals surface area contributed by atoms with E-state index in [1.54, 1.807) is 38.1 Å². The van der Waals surface area contributed by atoms with Crippen LogP contribution < -0.4 is 5.32 Å². The highest BCUT2D eigenvalue weighted by Crippen LogP contribution is 2.25. The number of carbonyl (C=O) groups excluding carboxylic acids is 2. The van der Waals surface area contributed by atoms with Gasteiger partial charge in [0.25, 0.3) is 5.91 Å². The number of imide groups is 1. The van der Waals surface area contributed by atoms with Crippen molar-refractivity contribution in [2.45, 2.75) is 25.5 Å². The molecule has 5 nitrogen and oxygen atoms in total. The fourth-order valence-corrected chi connectivity index (χ4v) is 2.26. The summed E-state index contributed by atoms with van der Waals surface area (Å²) in [5, 5.41) is 13.1. The lowest BCUT2D eigenvalue weighted by Gasteiger charge is -2.20. The molecular weight excluding hydrogens is 268 g/mol. The van der Waals surface area contributed by atoms with E-state index in [4.69, 9.17) is 11.6 Å². The Morgan fingerprint density at radius 3 is 2.53 bits per heavy atom. The molecular formula is C13H15ClN2O3. The van der Waals surface area contributed by atoms with Crippen LogP contribution in [0.5, 0.6) is 0 Å². The zero-order chi connectivity index (χ0) is 14.2. The number of nitrogens with one attached hydrogen (secondary N) is 1. The summed E-state index contributed by atoms with van der Waals surface area (Å²) >= 11 is 5.97. The number of halogens is 1. The predicted molar refractivity (Wildman–Crippen MR) is 70.7 cm³/mol. The summed E-state index contributed by atoms with van der Waals surface area (Å²) in [5.41, 5.74) is -0.438. The van der Waals surface area contributed by atoms with Gasteiger partial charge in [-0.3, -0.25) is 9.69 Å². The summed E-state index contributed by atoms with van der Waals surface area (Å²) in [6.45, 7) is 3.13. The van der Waals surface area contributed by atoms with Gasteiger partial charge >= 0.3 is 6.03 Å². The number of aliphatic hydroxyl groups is 1. The maximum absolute atomic E-state index is 12.0. The number of rotatable bonds is 3. The van der Waals surface area contributed by atoms with Crippen LogP contribution in [0.2, 0.25) is 5.02 Å². The van der Waals surface area contributed by atoms with E-state index in [2.05, 4.69) is 5.32 Å². The third-order valence-electron chi connectivity index (χ3n) is 3.06. The molecule has 3 amide bonds. The maximum Gasteiger partial charge on any atom is 0.325 e. The summed E-state index contributed by atoms with van der Waals surface area (Å²) in [6, 6.07) is 6.29. The molecule has 1 unspecified atom stereocenters. The lowest BCUT2D eigenvalue weighted by atomic mass is 10.1. The van der Waals surface area contributed by atoms with Crippen molar-refractivity contribution >= 4 is 23.5 Å². The van der Waals surface area contributed by atoms with Gasteiger partial charge < -0.3 is 10.4 Å². The van der Waals surface area contributed by atoms with Crippen LogP contribution in [-0.2, 0) is 4.79 Å². The van der Waals surface area contributed by atoms with Gasteiger partial charge in [-0.2, -0.15) is 0 Å². The fourth-order valence-electron chi connectivity index (χ4n) is 2.00. The number of urea groups is 1. The Kier molecular flexibility index (Phi) is 3.52. The highest BCUT2D eigenvalue weighted by molar-refractivity contribution is 6.31. The largest absolute Gasteiger partial charge is 0.386 e. The molecule has 0 aliphatic carbocycles. The van der Waals surface area contributed by atoms with Gasteiger partial charge in [0.15, 0.2) is 0 Å². The van der Waals surface area contributed by atoms with Crippen LogP contribution in [-0.4, -0.2) is 34.0 Å². The van der Waals surface area contributed by atoms with Gasteiger partial charge in [-0.1, -0.05) is 29.8 Å². The van der Waals surface area contributed by atoms with E-state index in [1.807, 2.05) is 0 Å². The highest BCUT2D eigenvalue weighted by atomic mass is 35.5. The topological polar surface area (TPSA) is 69.6 Å². The SMILES string of the molecule is CC1(C)NC(=O)N(CC(O)c2ccccc2Cl)C1=O. The number of hydrogen-bond acceptors (Lipinski definition) is 3. The van der Waals surface area contributed by atoms with E-state index in [1.165, 1.54) is 0 Å². The van der Waals surface area contributed by atoms with E-state index in [0.717, 1.165) is 4.90 Å². The molecule has 1 saturated heterocycles. The first kappa shape index (κ1) is 13.8. The Morgan fingerprint density at radius 1 is 1.37 bits per heavy atom. The van der Waals surface area contributed by atoms with Gasteiger partial charge in [-0.25, -0.2) is 4.79 Å². The lowest BCUT2D eigenvalue weighted by Crippen LogP contribution is -2.40. The van der Waals surface area contributed by atoms with Gasteiger partial charge in [0.05, 0.1) is 12.6 Å². The van der Waals surface area contributed by atoms with Crippen LogP contribution in [0, 0.1) is 0 Å². The molecule has 19 heavy (non-hydrogen) atoms. The van der Waals surface area contributed by atoms with E-state index in [-0.39, 0.29) is 12.5 Å². The molecule has 0 bridgehead atoms. The molecule has 2 N–H and O–H groups in total. The molecule has 1 fully saturated rings. The number of nitrogens with zero attached hydrogens (tertiary/aromatic N) is 1. The molecule has 0 aromatic heterocycles. The van der Waals surface area contributed by atoms with Crippen molar-refractivity contribution in [1.29, 1.82) is 0 Å². The molecule has 0 radical (unpaired) electrons. The normalized spacial score (nSPS) is 19.5. The standard InChI is InChI=1S/C13H15ClN2O3/c1-13(2)11(18)16(12(19)15-13)7-10(17)8-5-3-4-6-9(8)14/h3-6,10,17H,7H2,1-2H3,(H,15,19). The first-order valence-corrected chi connectivity index (χ1v) is 6.27. The molecule has 1 aliphatic heterocycles. The van der Waals surface area contributed by atoms with Gasteiger partial charge in [0.1, 0.15) is 5.54 Å². The molecule has 1 aromatic rings. The third-order valence-corrected chi connectivity index (χ3v) is 3.41. The maximum atomic E-state index is 12.0. The number of hydrogen-bond donors (Lipinski definition) is 2. The van der Waals surface area contributed by atoms with Crippen molar-refractivity contribution in [2.75, 3.05) is 6.54 Å². The minimum absolute atomic E-state index is 0.113. The van der Waals surface area contributed by atoms with E-state index < -0.39 is 17.7 Å². The number of benzene rings is 1. The molecule has 6 heteroatoms. The van der Waals surface area contributed by atoms with Crippen molar-refractivity contribution in [1.82, 2.24) is 10.2 Å². The third kappa shape index (κ3) is 2.57. The average Bonchev–Trinajstić information content (AvgIpc) is 2.52. The molecule has 102 valence electrons. The van der Waals surface area contributed by atoms with Gasteiger partial charge in [0.2, 0.25) is 0 Å². The lowest BCUT2D eigenvalue weighted by molar-refractivity contribution is -0.131. The van der Waals surface area contributed by atoms with Crippen molar-refractivity contribution in [3.05, 3.63) is 34.9 Å². The number of β-amino-alcohol motifs (C(OH)–C–C–N with tert-alkyl or cyclic N) is 1. The molecule has 2 rings (SSSR count). The first-order valence-electron chi connectivity index (χ1n) is 5.89. The van der Waals surface area contributed by atoms with Crippen LogP contribution in [0.3, 0.4) is 0 Å². The van der Waals surface area contributed by atoms with Crippen LogP contribution in [0.25, 0.3) is 0 Å². The second kappa shape index (κ2) is 4.83. The Balaban J connectivity index is 2.16. The molecule has 0 spiro atoms. The zero-order valence-electron chi connectivity index (χ0n) is 10.7. The molecule has 1 aliphatic rings. The molecule has 1 heterocycles. The van der Waals surface area contributed by atoms with Crippen LogP contribution in [0.1, 0.15) is 25.5 Å². The van der Waals surface area contributed by atoms with Crippen LogP contribution in [0.4, 0.5) is 4.79 Å². The summed E-state index contributed by atoms with van der Waals surface area (Å²) < 4.78 is 0. The summed E-state index contributed by atoms with van der Waals surface area (Å²) in [7, 11) is 0. The van der Waals surface area contributed by atoms with Crippen LogP contribution >= 0.6 is 11.6 Å². The van der Waals surface area contributed by atoms with Crippen LogP contribution in [0.15, 0.2) is 24.3 Å². The van der Waals surface area contributed by atoms with Crippen molar-refractivity contribution in [3.8, 4) is 0 Å². The average molecular weight is 283 g/mol. The quantitative estimate of drug-likeness (QED) is 0.829.